The van der Waals surface area contributed by atoms with Crippen LogP contribution >= 0.6 is 0 Å². The molecule has 0 bridgehead atoms. The molecule has 1 atom stereocenters. The van der Waals surface area contributed by atoms with Gasteiger partial charge in [-0.25, -0.2) is 0 Å². The molecule has 0 fully saturated rings. The van der Waals surface area contributed by atoms with Crippen LogP contribution in [-0.4, -0.2) is 24.2 Å². The maximum atomic E-state index is 13.8. The Kier molecular flexibility index (Phi) is 5.40. The normalized spacial score (nSPS) is 16.0. The van der Waals surface area contributed by atoms with Crippen LogP contribution in [-0.2, 0) is 6.54 Å². The average Bonchev–Trinajstić information content (AvgIpc) is 3.46. The van der Waals surface area contributed by atoms with Gasteiger partial charge < -0.3 is 23.5 Å². The lowest BCUT2D eigenvalue weighted by molar-refractivity contribution is 0.0714. The third-order valence-corrected chi connectivity index (χ3v) is 6.58. The third-order valence-electron chi connectivity index (χ3n) is 6.58. The Balaban J connectivity index is 1.47. The van der Waals surface area contributed by atoms with Gasteiger partial charge in [-0.1, -0.05) is 36.8 Å². The minimum absolute atomic E-state index is 0.0911. The maximum absolute atomic E-state index is 13.8. The molecule has 7 heteroatoms. The van der Waals surface area contributed by atoms with E-state index in [1.54, 1.807) is 11.0 Å². The Morgan fingerprint density at radius 2 is 1.78 bits per heavy atom. The van der Waals surface area contributed by atoms with Crippen molar-refractivity contribution in [2.24, 2.45) is 0 Å². The molecule has 3 heterocycles. The van der Waals surface area contributed by atoms with Gasteiger partial charge in [0, 0.05) is 6.54 Å². The molecule has 4 aromatic rings. The molecule has 3 aromatic carbocycles. The summed E-state index contributed by atoms with van der Waals surface area (Å²) in [5.74, 6) is 1.83. The average molecular weight is 484 g/mol. The molecule has 0 radical (unpaired) electrons. The molecule has 7 nitrogen and oxygen atoms in total. The molecule has 0 aliphatic carbocycles. The second kappa shape index (κ2) is 8.75. The molecular formula is C29H25NO6. The number of amides is 1. The van der Waals surface area contributed by atoms with E-state index in [0.29, 0.717) is 34.6 Å². The SMILES string of the molecule is CCCOc1ccc([C@H]2c3c(oc4ccc(C)cc4c3=O)C(=O)N2Cc2ccc3c(c2)OCO3)cc1. The van der Waals surface area contributed by atoms with Crippen molar-refractivity contribution < 1.29 is 23.4 Å². The fourth-order valence-corrected chi connectivity index (χ4v) is 4.85. The van der Waals surface area contributed by atoms with Gasteiger partial charge >= 0.3 is 0 Å². The maximum Gasteiger partial charge on any atom is 0.291 e. The minimum Gasteiger partial charge on any atom is -0.494 e. The van der Waals surface area contributed by atoms with Crippen molar-refractivity contribution in [3.05, 3.63) is 98.9 Å². The molecule has 1 aromatic heterocycles. The summed E-state index contributed by atoms with van der Waals surface area (Å²) in [7, 11) is 0. The van der Waals surface area contributed by atoms with Crippen molar-refractivity contribution in [1.82, 2.24) is 4.90 Å². The van der Waals surface area contributed by atoms with Crippen molar-refractivity contribution in [2.45, 2.75) is 32.9 Å². The first kappa shape index (κ1) is 22.2. The van der Waals surface area contributed by atoms with Gasteiger partial charge in [0.15, 0.2) is 16.9 Å². The highest BCUT2D eigenvalue weighted by atomic mass is 16.7. The highest BCUT2D eigenvalue weighted by Gasteiger charge is 2.42. The molecule has 2 aliphatic rings. The summed E-state index contributed by atoms with van der Waals surface area (Å²) in [5, 5.41) is 0.472. The zero-order valence-electron chi connectivity index (χ0n) is 20.1. The predicted octanol–water partition coefficient (Wildman–Crippen LogP) is 5.36. The van der Waals surface area contributed by atoms with Gasteiger partial charge in [0.05, 0.1) is 23.6 Å². The van der Waals surface area contributed by atoms with E-state index in [-0.39, 0.29) is 30.4 Å². The standard InChI is InChI=1S/C29H25NO6/c1-3-12-33-20-8-6-19(7-9-20)26-25-27(31)21-13-17(2)4-10-22(21)36-28(25)29(32)30(26)15-18-5-11-23-24(14-18)35-16-34-23/h4-11,13-14,26H,3,12,15-16H2,1-2H3/t26-/m0/s1. The summed E-state index contributed by atoms with van der Waals surface area (Å²) in [5.41, 5.74) is 3.20. The van der Waals surface area contributed by atoms with Gasteiger partial charge in [0.25, 0.3) is 5.91 Å². The number of benzene rings is 3. The lowest BCUT2D eigenvalue weighted by Crippen LogP contribution is -2.29. The van der Waals surface area contributed by atoms with Gasteiger partial charge in [-0.15, -0.1) is 0 Å². The van der Waals surface area contributed by atoms with Crippen molar-refractivity contribution in [3.8, 4) is 17.2 Å². The van der Waals surface area contributed by atoms with E-state index in [0.717, 1.165) is 28.9 Å². The lowest BCUT2D eigenvalue weighted by atomic mass is 9.97. The summed E-state index contributed by atoms with van der Waals surface area (Å²) < 4.78 is 22.7. The molecule has 36 heavy (non-hydrogen) atoms. The second-order valence-corrected chi connectivity index (χ2v) is 9.11. The lowest BCUT2D eigenvalue weighted by Gasteiger charge is -2.25. The summed E-state index contributed by atoms with van der Waals surface area (Å²) in [4.78, 5) is 29.1. The molecule has 6 rings (SSSR count). The Labute approximate surface area is 207 Å². The number of nitrogens with zero attached hydrogens (tertiary/aromatic N) is 1. The van der Waals surface area contributed by atoms with E-state index in [2.05, 4.69) is 6.92 Å². The zero-order valence-corrected chi connectivity index (χ0v) is 20.1. The highest BCUT2D eigenvalue weighted by molar-refractivity contribution is 5.99. The van der Waals surface area contributed by atoms with Gasteiger partial charge in [0.2, 0.25) is 12.6 Å². The van der Waals surface area contributed by atoms with Crippen LogP contribution < -0.4 is 19.6 Å². The van der Waals surface area contributed by atoms with Crippen LogP contribution in [0.15, 0.2) is 69.9 Å². The number of ether oxygens (including phenoxy) is 3. The first-order valence-electron chi connectivity index (χ1n) is 12.0. The van der Waals surface area contributed by atoms with Crippen molar-refractivity contribution in [2.75, 3.05) is 13.4 Å². The third kappa shape index (κ3) is 3.68. The van der Waals surface area contributed by atoms with Gasteiger partial charge in [-0.3, -0.25) is 9.59 Å². The molecule has 0 spiro atoms. The number of hydrogen-bond acceptors (Lipinski definition) is 6. The molecule has 0 unspecified atom stereocenters. The Morgan fingerprint density at radius 3 is 2.58 bits per heavy atom. The van der Waals surface area contributed by atoms with Gasteiger partial charge in [0.1, 0.15) is 11.3 Å². The van der Waals surface area contributed by atoms with Crippen LogP contribution in [0.25, 0.3) is 11.0 Å². The van der Waals surface area contributed by atoms with Crippen LogP contribution in [0.4, 0.5) is 0 Å². The predicted molar refractivity (Wildman–Crippen MR) is 134 cm³/mol. The minimum atomic E-state index is -0.598. The smallest absolute Gasteiger partial charge is 0.291 e. The van der Waals surface area contributed by atoms with Gasteiger partial charge in [-0.2, -0.15) is 0 Å². The quantitative estimate of drug-likeness (QED) is 0.367. The topological polar surface area (TPSA) is 78.2 Å². The fourth-order valence-electron chi connectivity index (χ4n) is 4.85. The van der Waals surface area contributed by atoms with E-state index < -0.39 is 6.04 Å². The van der Waals surface area contributed by atoms with Crippen molar-refractivity contribution >= 4 is 16.9 Å². The summed E-state index contributed by atoms with van der Waals surface area (Å²) in [6.45, 7) is 5.04. The number of carbonyl (C=O) groups is 1. The van der Waals surface area contributed by atoms with Crippen LogP contribution in [0.2, 0.25) is 0 Å². The number of aryl methyl sites for hydroxylation is 1. The van der Waals surface area contributed by atoms with Crippen LogP contribution in [0, 0.1) is 6.92 Å². The van der Waals surface area contributed by atoms with Crippen LogP contribution in [0.5, 0.6) is 17.2 Å². The Morgan fingerprint density at radius 1 is 0.972 bits per heavy atom. The summed E-state index contributed by atoms with van der Waals surface area (Å²) in [6, 6.07) is 18.0. The molecular weight excluding hydrogens is 458 g/mol. The molecule has 0 saturated carbocycles. The number of rotatable bonds is 6. The summed E-state index contributed by atoms with van der Waals surface area (Å²) in [6.07, 6.45) is 0.906. The number of carbonyl (C=O) groups excluding carboxylic acids is 1. The van der Waals surface area contributed by atoms with Crippen molar-refractivity contribution in [3.63, 3.8) is 0 Å². The first-order valence-corrected chi connectivity index (χ1v) is 12.0. The molecule has 0 saturated heterocycles. The van der Waals surface area contributed by atoms with E-state index >= 15 is 0 Å². The second-order valence-electron chi connectivity index (χ2n) is 9.11. The van der Waals surface area contributed by atoms with E-state index in [9.17, 15) is 9.59 Å². The molecule has 182 valence electrons. The largest absolute Gasteiger partial charge is 0.494 e. The Bertz CT molecular complexity index is 1540. The summed E-state index contributed by atoms with van der Waals surface area (Å²) >= 11 is 0. The Hall–Kier alpha value is -4.26. The van der Waals surface area contributed by atoms with Crippen LogP contribution in [0.3, 0.4) is 0 Å². The van der Waals surface area contributed by atoms with E-state index in [4.69, 9.17) is 18.6 Å². The van der Waals surface area contributed by atoms with Crippen molar-refractivity contribution in [1.29, 1.82) is 0 Å². The highest BCUT2D eigenvalue weighted by Crippen LogP contribution is 2.41. The fraction of sp³-hybridized carbons (Fsp3) is 0.241. The number of fused-ring (bicyclic) bond motifs is 3. The monoisotopic (exact) mass is 483 g/mol. The molecule has 2 aliphatic heterocycles. The molecule has 0 N–H and O–H groups in total. The van der Waals surface area contributed by atoms with E-state index in [1.807, 2.05) is 61.5 Å². The first-order chi connectivity index (χ1) is 17.5. The number of hydrogen-bond donors (Lipinski definition) is 0. The zero-order chi connectivity index (χ0) is 24.8. The van der Waals surface area contributed by atoms with Crippen LogP contribution in [0.1, 0.15) is 52.2 Å². The van der Waals surface area contributed by atoms with Gasteiger partial charge in [-0.05, 0) is 60.9 Å². The van der Waals surface area contributed by atoms with E-state index in [1.165, 1.54) is 0 Å². The molecule has 1 amide bonds.